The molecule has 0 aliphatic rings. The van der Waals surface area contributed by atoms with Crippen LogP contribution < -0.4 is 0 Å². The predicted molar refractivity (Wildman–Crippen MR) is 400 cm³/mol. The molecule has 0 aromatic rings. The van der Waals surface area contributed by atoms with Crippen LogP contribution in [0.4, 0.5) is 0 Å². The van der Waals surface area contributed by atoms with Crippen molar-refractivity contribution >= 4 is 39.5 Å². The number of unbranched alkanes of at least 4 members (excludes halogenated alkanes) is 48. The minimum absolute atomic E-state index is 0.106. The fourth-order valence-electron chi connectivity index (χ4n) is 12.2. The predicted octanol–water partition coefficient (Wildman–Crippen LogP) is 23.5. The molecule has 17 nitrogen and oxygen atoms in total. The maximum Gasteiger partial charge on any atom is 0.472 e. The Hall–Kier alpha value is -1.94. The number of hydrogen-bond donors (Lipinski definition) is 3. The average molecular weight is 1440 g/mol. The number of esters is 4. The van der Waals surface area contributed by atoms with E-state index in [2.05, 4.69) is 41.5 Å². The Kier molecular flexibility index (Phi) is 69.3. The lowest BCUT2D eigenvalue weighted by atomic mass is 10.0. The van der Waals surface area contributed by atoms with Gasteiger partial charge in [-0.3, -0.25) is 37.3 Å². The number of phosphoric ester groups is 2. The van der Waals surface area contributed by atoms with Crippen LogP contribution in [0.15, 0.2) is 0 Å². The molecule has 0 aliphatic heterocycles. The van der Waals surface area contributed by atoms with E-state index in [0.29, 0.717) is 25.7 Å². The zero-order chi connectivity index (χ0) is 72.1. The highest BCUT2D eigenvalue weighted by Crippen LogP contribution is 2.45. The highest BCUT2D eigenvalue weighted by molar-refractivity contribution is 7.47. The van der Waals surface area contributed by atoms with E-state index in [4.69, 9.17) is 37.0 Å². The molecule has 0 aromatic carbocycles. The molecular weight excluding hydrogens is 1280 g/mol. The largest absolute Gasteiger partial charge is 0.472 e. The van der Waals surface area contributed by atoms with Gasteiger partial charge in [-0.25, -0.2) is 9.13 Å². The molecule has 0 aliphatic carbocycles. The standard InChI is InChI=1S/C79H154O17P2/c1-7-9-11-13-15-17-18-19-20-26-29-32-38-44-50-56-62-77(82)90-68-75(96-78(83)63-57-51-45-39-33-30-27-24-22-21-23-25-28-31-36-41-47-53-59-71(3)4)70-94-98(87,88)92-66-73(80)65-91-97(85,86)93-69-74(67-89-76(81)61-55-49-43-16-14-12-10-8-2)95-79(84)64-58-52-46-40-35-34-37-42-48-54-60-72(5)6/h71-75,80H,7-70H2,1-6H3,(H,85,86)(H,87,88)/t73-,74+,75+/m0/s1. The molecule has 0 rings (SSSR count). The molecule has 0 amide bonds. The summed E-state index contributed by atoms with van der Waals surface area (Å²) in [5.41, 5.74) is 0. The molecule has 582 valence electrons. The zero-order valence-corrected chi connectivity index (χ0v) is 65.9. The van der Waals surface area contributed by atoms with Crippen molar-refractivity contribution in [2.45, 2.75) is 432 Å². The third-order valence-electron chi connectivity index (χ3n) is 18.5. The summed E-state index contributed by atoms with van der Waals surface area (Å²) < 4.78 is 68.6. The van der Waals surface area contributed by atoms with Gasteiger partial charge in [-0.05, 0) is 37.5 Å². The summed E-state index contributed by atoms with van der Waals surface area (Å²) in [7, 11) is -9.91. The Labute approximate surface area is 600 Å². The fraction of sp³-hybridized carbons (Fsp3) is 0.949. The van der Waals surface area contributed by atoms with E-state index in [1.165, 1.54) is 225 Å². The molecule has 2 unspecified atom stereocenters. The second-order valence-electron chi connectivity index (χ2n) is 29.4. The quantitative estimate of drug-likeness (QED) is 0.0222. The van der Waals surface area contributed by atoms with E-state index >= 15 is 0 Å². The van der Waals surface area contributed by atoms with E-state index in [9.17, 15) is 43.2 Å². The molecule has 98 heavy (non-hydrogen) atoms. The monoisotopic (exact) mass is 1440 g/mol. The third-order valence-corrected chi connectivity index (χ3v) is 20.4. The minimum atomic E-state index is -4.96. The maximum absolute atomic E-state index is 13.1. The van der Waals surface area contributed by atoms with Gasteiger partial charge < -0.3 is 33.8 Å². The lowest BCUT2D eigenvalue weighted by molar-refractivity contribution is -0.161. The lowest BCUT2D eigenvalue weighted by Crippen LogP contribution is -2.30. The molecule has 0 saturated carbocycles. The van der Waals surface area contributed by atoms with Crippen molar-refractivity contribution in [1.29, 1.82) is 0 Å². The minimum Gasteiger partial charge on any atom is -0.462 e. The summed E-state index contributed by atoms with van der Waals surface area (Å²) in [4.78, 5) is 72.8. The first kappa shape index (κ1) is 96.1. The van der Waals surface area contributed by atoms with Crippen molar-refractivity contribution in [2.75, 3.05) is 39.6 Å². The van der Waals surface area contributed by atoms with Gasteiger partial charge >= 0.3 is 39.5 Å². The van der Waals surface area contributed by atoms with Crippen molar-refractivity contribution < 1.29 is 80.2 Å². The second kappa shape index (κ2) is 70.7. The van der Waals surface area contributed by atoms with E-state index in [0.717, 1.165) is 108 Å². The second-order valence-corrected chi connectivity index (χ2v) is 32.3. The summed E-state index contributed by atoms with van der Waals surface area (Å²) in [6, 6.07) is 0. The van der Waals surface area contributed by atoms with Gasteiger partial charge in [-0.15, -0.1) is 0 Å². The van der Waals surface area contributed by atoms with Crippen LogP contribution in [-0.2, 0) is 65.4 Å². The summed E-state index contributed by atoms with van der Waals surface area (Å²) in [5.74, 6) is -0.541. The van der Waals surface area contributed by atoms with E-state index in [1.807, 2.05) is 0 Å². The molecule has 0 heterocycles. The molecule has 0 spiro atoms. The van der Waals surface area contributed by atoms with Gasteiger partial charge in [-0.1, -0.05) is 363 Å². The van der Waals surface area contributed by atoms with Crippen molar-refractivity contribution in [2.24, 2.45) is 11.8 Å². The van der Waals surface area contributed by atoms with Gasteiger partial charge in [-0.2, -0.15) is 0 Å². The van der Waals surface area contributed by atoms with Gasteiger partial charge in [0.1, 0.15) is 19.3 Å². The van der Waals surface area contributed by atoms with Crippen molar-refractivity contribution in [3.8, 4) is 0 Å². The van der Waals surface area contributed by atoms with Crippen LogP contribution >= 0.6 is 15.6 Å². The Morgan fingerprint density at radius 1 is 0.276 bits per heavy atom. The highest BCUT2D eigenvalue weighted by atomic mass is 31.2. The Balaban J connectivity index is 5.19. The first-order valence-corrected chi connectivity index (χ1v) is 44.0. The number of phosphoric acid groups is 2. The summed E-state index contributed by atoms with van der Waals surface area (Å²) in [6.45, 7) is 9.62. The first-order chi connectivity index (χ1) is 47.4. The number of ether oxygens (including phenoxy) is 4. The lowest BCUT2D eigenvalue weighted by Gasteiger charge is -2.21. The van der Waals surface area contributed by atoms with Crippen LogP contribution in [0, 0.1) is 11.8 Å². The number of aliphatic hydroxyl groups excluding tert-OH is 1. The van der Waals surface area contributed by atoms with E-state index in [1.54, 1.807) is 0 Å². The van der Waals surface area contributed by atoms with Crippen LogP contribution in [0.5, 0.6) is 0 Å². The Morgan fingerprint density at radius 3 is 0.694 bits per heavy atom. The summed E-state index contributed by atoms with van der Waals surface area (Å²) in [5, 5.41) is 10.6. The number of carbonyl (C=O) groups is 4. The topological polar surface area (TPSA) is 237 Å². The molecule has 5 atom stereocenters. The van der Waals surface area contributed by atoms with Gasteiger partial charge in [0.2, 0.25) is 0 Å². The molecule has 0 radical (unpaired) electrons. The molecule has 0 fully saturated rings. The van der Waals surface area contributed by atoms with Gasteiger partial charge in [0.15, 0.2) is 12.2 Å². The van der Waals surface area contributed by atoms with Crippen LogP contribution in [0.3, 0.4) is 0 Å². The van der Waals surface area contributed by atoms with Crippen LogP contribution in [0.25, 0.3) is 0 Å². The first-order valence-electron chi connectivity index (χ1n) is 41.0. The van der Waals surface area contributed by atoms with Crippen LogP contribution in [0.1, 0.15) is 414 Å². The van der Waals surface area contributed by atoms with Gasteiger partial charge in [0.25, 0.3) is 0 Å². The molecule has 0 aromatic heterocycles. The number of hydrogen-bond acceptors (Lipinski definition) is 15. The summed E-state index contributed by atoms with van der Waals surface area (Å²) >= 11 is 0. The number of aliphatic hydroxyl groups is 1. The van der Waals surface area contributed by atoms with Crippen LogP contribution in [0.2, 0.25) is 0 Å². The van der Waals surface area contributed by atoms with Crippen molar-refractivity contribution in [1.82, 2.24) is 0 Å². The van der Waals surface area contributed by atoms with Gasteiger partial charge in [0, 0.05) is 25.7 Å². The number of rotatable bonds is 78. The molecule has 0 bridgehead atoms. The van der Waals surface area contributed by atoms with E-state index in [-0.39, 0.29) is 25.7 Å². The van der Waals surface area contributed by atoms with E-state index < -0.39 is 97.5 Å². The highest BCUT2D eigenvalue weighted by Gasteiger charge is 2.30. The SMILES string of the molecule is CCCCCCCCCCCCCCCCCCC(=O)OC[C@H](COP(=O)(O)OC[C@@H](O)COP(=O)(O)OC[C@@H](COC(=O)CCCCCCCCCC)OC(=O)CCCCCCCCCCCCC(C)C)OC(=O)CCCCCCCCCCCCCCCCCCCCC(C)C. The fourth-order valence-corrected chi connectivity index (χ4v) is 13.8. The zero-order valence-electron chi connectivity index (χ0n) is 64.1. The Morgan fingerprint density at radius 2 is 0.469 bits per heavy atom. The Bertz CT molecular complexity index is 1890. The normalized spacial score (nSPS) is 13.9. The molecule has 3 N–H and O–H groups in total. The average Bonchev–Trinajstić information content (AvgIpc) is 1.04. The maximum atomic E-state index is 13.1. The van der Waals surface area contributed by atoms with Gasteiger partial charge in [0.05, 0.1) is 26.4 Å². The smallest absolute Gasteiger partial charge is 0.462 e. The van der Waals surface area contributed by atoms with Crippen molar-refractivity contribution in [3.63, 3.8) is 0 Å². The summed E-state index contributed by atoms with van der Waals surface area (Å²) in [6.07, 6.45) is 59.8. The third kappa shape index (κ3) is 72.4. The molecule has 0 saturated heterocycles. The molecule has 19 heteroatoms. The van der Waals surface area contributed by atoms with Crippen LogP contribution in [-0.4, -0.2) is 96.7 Å². The number of carbonyl (C=O) groups excluding carboxylic acids is 4. The molecular formula is C79H154O17P2. The van der Waals surface area contributed by atoms with Crippen molar-refractivity contribution in [3.05, 3.63) is 0 Å².